The van der Waals surface area contributed by atoms with Crippen LogP contribution in [0.5, 0.6) is 0 Å². The average Bonchev–Trinajstić information content (AvgIpc) is 2.86. The van der Waals surface area contributed by atoms with E-state index in [1.165, 1.54) is 25.7 Å². The Morgan fingerprint density at radius 1 is 1.29 bits per heavy atom. The van der Waals surface area contributed by atoms with Crippen LogP contribution in [0.3, 0.4) is 0 Å². The van der Waals surface area contributed by atoms with Crippen molar-refractivity contribution in [3.05, 3.63) is 5.89 Å². The summed E-state index contributed by atoms with van der Waals surface area (Å²) in [5, 5.41) is 7.61. The second kappa shape index (κ2) is 4.29. The number of aromatic nitrogens is 2. The molecule has 2 fully saturated rings. The minimum atomic E-state index is 0.678. The van der Waals surface area contributed by atoms with Gasteiger partial charge in [-0.15, -0.1) is 0 Å². The molecule has 0 amide bonds. The van der Waals surface area contributed by atoms with E-state index in [0.29, 0.717) is 11.9 Å². The number of hydrogen-bond donors (Lipinski definition) is 1. The molecule has 0 saturated carbocycles. The van der Waals surface area contributed by atoms with Gasteiger partial charge in [0.05, 0.1) is 0 Å². The lowest BCUT2D eigenvalue weighted by Gasteiger charge is -2.28. The minimum Gasteiger partial charge on any atom is -0.344 e. The monoisotopic (exact) mass is 236 g/mol. The first kappa shape index (κ1) is 11.0. The van der Waals surface area contributed by atoms with Crippen LogP contribution in [0.2, 0.25) is 0 Å². The van der Waals surface area contributed by atoms with E-state index in [-0.39, 0.29) is 0 Å². The van der Waals surface area contributed by atoms with Crippen molar-refractivity contribution in [2.24, 2.45) is 5.92 Å². The summed E-state index contributed by atoms with van der Waals surface area (Å²) in [7, 11) is 3.86. The van der Waals surface area contributed by atoms with Crippen LogP contribution < -0.4 is 10.2 Å². The summed E-state index contributed by atoms with van der Waals surface area (Å²) in [5.41, 5.74) is 0. The van der Waals surface area contributed by atoms with Crippen LogP contribution in [0.15, 0.2) is 4.52 Å². The van der Waals surface area contributed by atoms with E-state index in [1.807, 2.05) is 19.0 Å². The molecular weight excluding hydrogens is 216 g/mol. The van der Waals surface area contributed by atoms with E-state index >= 15 is 0 Å². The maximum absolute atomic E-state index is 5.30. The van der Waals surface area contributed by atoms with Gasteiger partial charge in [0, 0.05) is 32.6 Å². The molecule has 3 heterocycles. The molecule has 1 aromatic rings. The van der Waals surface area contributed by atoms with Gasteiger partial charge in [0.2, 0.25) is 5.89 Å². The van der Waals surface area contributed by atoms with Gasteiger partial charge in [0.15, 0.2) is 0 Å². The smallest absolute Gasteiger partial charge is 0.265 e. The Bertz CT molecular complexity index is 378. The van der Waals surface area contributed by atoms with Crippen LogP contribution in [-0.2, 0) is 6.42 Å². The molecule has 2 unspecified atom stereocenters. The van der Waals surface area contributed by atoms with Crippen molar-refractivity contribution in [2.75, 3.05) is 19.0 Å². The summed E-state index contributed by atoms with van der Waals surface area (Å²) in [6.45, 7) is 0. The fraction of sp³-hybridized carbons (Fsp3) is 0.833. The highest BCUT2D eigenvalue weighted by Gasteiger charge is 2.34. The van der Waals surface area contributed by atoms with Crippen LogP contribution in [0.25, 0.3) is 0 Å². The van der Waals surface area contributed by atoms with Gasteiger partial charge in [0.1, 0.15) is 0 Å². The number of hydrogen-bond acceptors (Lipinski definition) is 5. The highest BCUT2D eigenvalue weighted by atomic mass is 16.5. The van der Waals surface area contributed by atoms with E-state index in [2.05, 4.69) is 15.5 Å². The van der Waals surface area contributed by atoms with Crippen LogP contribution in [0.1, 0.15) is 31.6 Å². The molecule has 2 aliphatic heterocycles. The molecule has 5 nitrogen and oxygen atoms in total. The SMILES string of the molecule is CN(C)c1noc(CC2CC3CCC(C2)N3)n1. The van der Waals surface area contributed by atoms with Crippen LogP contribution in [0.4, 0.5) is 5.95 Å². The molecule has 0 aromatic carbocycles. The summed E-state index contributed by atoms with van der Waals surface area (Å²) in [6.07, 6.45) is 6.14. The molecule has 0 spiro atoms. The Morgan fingerprint density at radius 2 is 2.00 bits per heavy atom. The summed E-state index contributed by atoms with van der Waals surface area (Å²) in [6, 6.07) is 1.46. The Labute approximate surface area is 102 Å². The molecule has 94 valence electrons. The molecule has 0 radical (unpaired) electrons. The fourth-order valence-corrected chi connectivity index (χ4v) is 3.10. The lowest BCUT2D eigenvalue weighted by molar-refractivity contribution is 0.270. The van der Waals surface area contributed by atoms with Gasteiger partial charge in [0.25, 0.3) is 5.95 Å². The number of anilines is 1. The highest BCUT2D eigenvalue weighted by molar-refractivity contribution is 5.23. The van der Waals surface area contributed by atoms with Crippen LogP contribution in [0, 0.1) is 5.92 Å². The van der Waals surface area contributed by atoms with Gasteiger partial charge in [-0.3, -0.25) is 0 Å². The zero-order chi connectivity index (χ0) is 11.8. The van der Waals surface area contributed by atoms with E-state index in [9.17, 15) is 0 Å². The third-order valence-electron chi connectivity index (χ3n) is 3.89. The zero-order valence-corrected chi connectivity index (χ0v) is 10.5. The molecule has 3 rings (SSSR count). The standard InChI is InChI=1S/C12H20N4O/c1-16(2)12-14-11(17-15-12)7-8-5-9-3-4-10(6-8)13-9/h8-10,13H,3-7H2,1-2H3. The van der Waals surface area contributed by atoms with Crippen molar-refractivity contribution in [1.29, 1.82) is 0 Å². The van der Waals surface area contributed by atoms with Crippen molar-refractivity contribution in [1.82, 2.24) is 15.5 Å². The van der Waals surface area contributed by atoms with Crippen molar-refractivity contribution in [3.8, 4) is 0 Å². The second-order valence-corrected chi connectivity index (χ2v) is 5.56. The number of fused-ring (bicyclic) bond motifs is 2. The highest BCUT2D eigenvalue weighted by Crippen LogP contribution is 2.32. The molecule has 1 N–H and O–H groups in total. The molecule has 1 aromatic heterocycles. The Kier molecular flexibility index (Phi) is 2.78. The summed E-state index contributed by atoms with van der Waals surface area (Å²) in [4.78, 5) is 6.28. The van der Waals surface area contributed by atoms with Crippen molar-refractivity contribution < 1.29 is 4.52 Å². The van der Waals surface area contributed by atoms with E-state index < -0.39 is 0 Å². The van der Waals surface area contributed by atoms with Gasteiger partial charge in [-0.2, -0.15) is 4.98 Å². The van der Waals surface area contributed by atoms with Gasteiger partial charge in [-0.25, -0.2) is 0 Å². The summed E-state index contributed by atoms with van der Waals surface area (Å²) in [5.74, 6) is 2.18. The third-order valence-corrected chi connectivity index (χ3v) is 3.89. The predicted molar refractivity (Wildman–Crippen MR) is 65.0 cm³/mol. The number of rotatable bonds is 3. The molecular formula is C12H20N4O. The predicted octanol–water partition coefficient (Wildman–Crippen LogP) is 1.21. The average molecular weight is 236 g/mol. The normalized spacial score (nSPS) is 31.8. The Balaban J connectivity index is 1.62. The molecule has 2 aliphatic rings. The summed E-state index contributed by atoms with van der Waals surface area (Å²) < 4.78 is 5.30. The number of piperidine rings is 1. The largest absolute Gasteiger partial charge is 0.344 e. The van der Waals surface area contributed by atoms with Gasteiger partial charge in [-0.1, -0.05) is 0 Å². The first-order chi connectivity index (χ1) is 8.20. The third kappa shape index (κ3) is 2.29. The lowest BCUT2D eigenvalue weighted by Crippen LogP contribution is -2.38. The van der Waals surface area contributed by atoms with Crippen molar-refractivity contribution in [2.45, 2.75) is 44.2 Å². The Hall–Kier alpha value is -1.10. The maximum atomic E-state index is 5.30. The molecule has 0 aliphatic carbocycles. The quantitative estimate of drug-likeness (QED) is 0.855. The lowest BCUT2D eigenvalue weighted by atomic mass is 9.90. The van der Waals surface area contributed by atoms with Crippen LogP contribution in [-0.4, -0.2) is 36.3 Å². The second-order valence-electron chi connectivity index (χ2n) is 5.56. The first-order valence-electron chi connectivity index (χ1n) is 6.46. The molecule has 2 saturated heterocycles. The van der Waals surface area contributed by atoms with E-state index in [0.717, 1.165) is 24.4 Å². The van der Waals surface area contributed by atoms with Crippen LogP contribution >= 0.6 is 0 Å². The topological polar surface area (TPSA) is 54.2 Å². The molecule has 17 heavy (non-hydrogen) atoms. The molecule has 2 atom stereocenters. The minimum absolute atomic E-state index is 0.678. The zero-order valence-electron chi connectivity index (χ0n) is 10.5. The van der Waals surface area contributed by atoms with Gasteiger partial charge >= 0.3 is 0 Å². The van der Waals surface area contributed by atoms with Gasteiger partial charge < -0.3 is 14.7 Å². The molecule has 5 heteroatoms. The summed E-state index contributed by atoms with van der Waals surface area (Å²) >= 11 is 0. The number of nitrogens with one attached hydrogen (secondary N) is 1. The number of nitrogens with zero attached hydrogens (tertiary/aromatic N) is 3. The Morgan fingerprint density at radius 3 is 2.59 bits per heavy atom. The van der Waals surface area contributed by atoms with Crippen molar-refractivity contribution in [3.63, 3.8) is 0 Å². The van der Waals surface area contributed by atoms with Gasteiger partial charge in [-0.05, 0) is 36.8 Å². The molecule has 2 bridgehead atoms. The maximum Gasteiger partial charge on any atom is 0.265 e. The first-order valence-corrected chi connectivity index (χ1v) is 6.46. The van der Waals surface area contributed by atoms with Crippen molar-refractivity contribution >= 4 is 5.95 Å². The van der Waals surface area contributed by atoms with E-state index in [4.69, 9.17) is 4.52 Å². The fourth-order valence-electron chi connectivity index (χ4n) is 3.10. The van der Waals surface area contributed by atoms with E-state index in [1.54, 1.807) is 0 Å².